The van der Waals surface area contributed by atoms with Crippen LogP contribution in [0.2, 0.25) is 0 Å². The third kappa shape index (κ3) is 4.03. The molecular weight excluding hydrogens is 277 g/mol. The summed E-state index contributed by atoms with van der Waals surface area (Å²) in [5.74, 6) is -0.272. The number of nitrogens with one attached hydrogen (secondary N) is 1. The predicted molar refractivity (Wildman–Crippen MR) is 73.4 cm³/mol. The molecule has 1 aromatic carbocycles. The second-order valence-electron chi connectivity index (χ2n) is 4.47. The number of aliphatic hydroxyl groups is 1. The molecule has 6 nitrogen and oxygen atoms in total. The van der Waals surface area contributed by atoms with Crippen LogP contribution in [-0.4, -0.2) is 46.3 Å². The Balaban J connectivity index is 1.95. The molecule has 2 rings (SSSR count). The van der Waals surface area contributed by atoms with Crippen LogP contribution in [0, 0.1) is 5.82 Å². The first-order chi connectivity index (χ1) is 10.1. The number of likely N-dealkylation sites (N-methyl/N-ethyl adjacent to an activating group) is 1. The number of ether oxygens (including phenoxy) is 1. The Morgan fingerprint density at radius 1 is 1.48 bits per heavy atom. The number of carbonyl (C=O) groups is 1. The number of nitrogens with zero attached hydrogens (tertiary/aromatic N) is 2. The van der Waals surface area contributed by atoms with Crippen molar-refractivity contribution in [3.8, 4) is 5.75 Å². The third-order valence-electron chi connectivity index (χ3n) is 2.82. The van der Waals surface area contributed by atoms with E-state index < -0.39 is 0 Å². The van der Waals surface area contributed by atoms with Crippen LogP contribution in [0.3, 0.4) is 0 Å². The molecule has 0 atom stereocenters. The Labute approximate surface area is 121 Å². The maximum absolute atomic E-state index is 13.0. The predicted octanol–water partition coefficient (Wildman–Crippen LogP) is 1.19. The Hall–Kier alpha value is -2.41. The van der Waals surface area contributed by atoms with Crippen molar-refractivity contribution in [2.24, 2.45) is 0 Å². The Bertz CT molecular complexity index is 615. The highest BCUT2D eigenvalue weighted by Crippen LogP contribution is 2.14. The zero-order valence-electron chi connectivity index (χ0n) is 11.5. The number of aromatic amines is 1. The van der Waals surface area contributed by atoms with Gasteiger partial charge in [0.1, 0.15) is 18.2 Å². The lowest BCUT2D eigenvalue weighted by molar-refractivity contribution is 0.0761. The molecule has 1 heterocycles. The summed E-state index contributed by atoms with van der Waals surface area (Å²) in [5, 5.41) is 15.4. The maximum Gasteiger partial charge on any atom is 0.274 e. The van der Waals surface area contributed by atoms with E-state index in [-0.39, 0.29) is 37.2 Å². The molecule has 0 saturated carbocycles. The molecule has 0 fully saturated rings. The molecule has 0 aliphatic carbocycles. The van der Waals surface area contributed by atoms with E-state index >= 15 is 0 Å². The minimum atomic E-state index is -0.376. The molecule has 0 saturated heterocycles. The number of amides is 1. The molecule has 0 bridgehead atoms. The molecule has 0 spiro atoms. The molecule has 1 amide bonds. The van der Waals surface area contributed by atoms with Gasteiger partial charge in [-0.05, 0) is 18.2 Å². The van der Waals surface area contributed by atoms with E-state index in [2.05, 4.69) is 10.2 Å². The van der Waals surface area contributed by atoms with Crippen molar-refractivity contribution < 1.29 is 19.0 Å². The summed E-state index contributed by atoms with van der Waals surface area (Å²) in [7, 11) is 1.58. The van der Waals surface area contributed by atoms with Gasteiger partial charge in [-0.15, -0.1) is 0 Å². The monoisotopic (exact) mass is 293 g/mol. The lowest BCUT2D eigenvalue weighted by Gasteiger charge is -2.13. The van der Waals surface area contributed by atoms with Gasteiger partial charge < -0.3 is 14.7 Å². The zero-order valence-corrected chi connectivity index (χ0v) is 11.5. The number of hydrogen-bond donors (Lipinski definition) is 2. The van der Waals surface area contributed by atoms with Gasteiger partial charge in [0.05, 0.1) is 12.3 Å². The van der Waals surface area contributed by atoms with Crippen molar-refractivity contribution in [2.75, 3.05) is 20.2 Å². The first-order valence-electron chi connectivity index (χ1n) is 6.39. The standard InChI is InChI=1S/C14H16FN3O3/c1-18(5-6-19)14(20)13-8-11(16-17-13)9-21-12-4-2-3-10(15)7-12/h2-4,7-8,19H,5-6,9H2,1H3,(H,16,17). The normalized spacial score (nSPS) is 10.4. The van der Waals surface area contributed by atoms with E-state index in [1.165, 1.54) is 17.0 Å². The highest BCUT2D eigenvalue weighted by atomic mass is 19.1. The summed E-state index contributed by atoms with van der Waals surface area (Å²) in [6.45, 7) is 0.274. The van der Waals surface area contributed by atoms with Crippen LogP contribution in [0.5, 0.6) is 5.75 Å². The van der Waals surface area contributed by atoms with Gasteiger partial charge in [-0.25, -0.2) is 4.39 Å². The average molecular weight is 293 g/mol. The second kappa shape index (κ2) is 6.85. The number of benzene rings is 1. The van der Waals surface area contributed by atoms with E-state index in [0.717, 1.165) is 0 Å². The van der Waals surface area contributed by atoms with Gasteiger partial charge in [-0.2, -0.15) is 5.10 Å². The summed E-state index contributed by atoms with van der Waals surface area (Å²) in [6, 6.07) is 7.36. The Morgan fingerprint density at radius 2 is 2.29 bits per heavy atom. The summed E-state index contributed by atoms with van der Waals surface area (Å²) in [4.78, 5) is 13.3. The van der Waals surface area contributed by atoms with Gasteiger partial charge in [-0.3, -0.25) is 9.89 Å². The number of H-pyrrole nitrogens is 1. The molecule has 21 heavy (non-hydrogen) atoms. The molecule has 7 heteroatoms. The fourth-order valence-corrected chi connectivity index (χ4v) is 1.71. The lowest BCUT2D eigenvalue weighted by Crippen LogP contribution is -2.29. The fourth-order valence-electron chi connectivity index (χ4n) is 1.71. The number of aromatic nitrogens is 2. The molecule has 0 unspecified atom stereocenters. The van der Waals surface area contributed by atoms with Gasteiger partial charge in [0.15, 0.2) is 5.69 Å². The topological polar surface area (TPSA) is 78.5 Å². The van der Waals surface area contributed by atoms with Gasteiger partial charge in [0.25, 0.3) is 5.91 Å². The van der Waals surface area contributed by atoms with Crippen LogP contribution >= 0.6 is 0 Å². The van der Waals surface area contributed by atoms with Crippen molar-refractivity contribution in [1.82, 2.24) is 15.1 Å². The highest BCUT2D eigenvalue weighted by Gasteiger charge is 2.15. The number of halogens is 1. The van der Waals surface area contributed by atoms with Crippen LogP contribution in [-0.2, 0) is 6.61 Å². The zero-order chi connectivity index (χ0) is 15.2. The number of aliphatic hydroxyl groups excluding tert-OH is 1. The van der Waals surface area contributed by atoms with Crippen molar-refractivity contribution in [1.29, 1.82) is 0 Å². The Morgan fingerprint density at radius 3 is 3.00 bits per heavy atom. The second-order valence-corrected chi connectivity index (χ2v) is 4.47. The first kappa shape index (κ1) is 15.0. The van der Waals surface area contributed by atoms with Crippen molar-refractivity contribution in [3.63, 3.8) is 0 Å². The highest BCUT2D eigenvalue weighted by molar-refractivity contribution is 5.92. The minimum absolute atomic E-state index is 0.109. The van der Waals surface area contributed by atoms with Gasteiger partial charge in [0, 0.05) is 19.7 Å². The molecule has 112 valence electrons. The van der Waals surface area contributed by atoms with Gasteiger partial charge >= 0.3 is 0 Å². The molecule has 0 aliphatic heterocycles. The van der Waals surface area contributed by atoms with E-state index in [0.29, 0.717) is 11.4 Å². The van der Waals surface area contributed by atoms with Crippen molar-refractivity contribution in [3.05, 3.63) is 47.5 Å². The molecule has 2 aromatic rings. The summed E-state index contributed by atoms with van der Waals surface area (Å²) < 4.78 is 18.4. The maximum atomic E-state index is 13.0. The van der Waals surface area contributed by atoms with E-state index in [1.54, 1.807) is 25.2 Å². The number of hydrogen-bond acceptors (Lipinski definition) is 4. The number of rotatable bonds is 6. The molecule has 0 radical (unpaired) electrons. The SMILES string of the molecule is CN(CCO)C(=O)c1cc(COc2cccc(F)c2)[nH]n1. The lowest BCUT2D eigenvalue weighted by atomic mass is 10.3. The van der Waals surface area contributed by atoms with Crippen LogP contribution in [0.1, 0.15) is 16.2 Å². The molecular formula is C14H16FN3O3. The van der Waals surface area contributed by atoms with E-state index in [4.69, 9.17) is 9.84 Å². The van der Waals surface area contributed by atoms with Crippen molar-refractivity contribution >= 4 is 5.91 Å². The summed E-state index contributed by atoms with van der Waals surface area (Å²) in [5.41, 5.74) is 0.837. The molecule has 2 N–H and O–H groups in total. The van der Waals surface area contributed by atoms with Gasteiger partial charge in [-0.1, -0.05) is 6.07 Å². The average Bonchev–Trinajstić information content (AvgIpc) is 2.93. The minimum Gasteiger partial charge on any atom is -0.487 e. The quantitative estimate of drug-likeness (QED) is 0.838. The third-order valence-corrected chi connectivity index (χ3v) is 2.82. The smallest absolute Gasteiger partial charge is 0.274 e. The fraction of sp³-hybridized carbons (Fsp3) is 0.286. The van der Waals surface area contributed by atoms with Crippen molar-refractivity contribution in [2.45, 2.75) is 6.61 Å². The summed E-state index contributed by atoms with van der Waals surface area (Å²) >= 11 is 0. The van der Waals surface area contributed by atoms with Crippen LogP contribution < -0.4 is 4.74 Å². The van der Waals surface area contributed by atoms with Gasteiger partial charge in [0.2, 0.25) is 0 Å². The summed E-state index contributed by atoms with van der Waals surface area (Å²) in [6.07, 6.45) is 0. The largest absolute Gasteiger partial charge is 0.487 e. The van der Waals surface area contributed by atoms with Crippen LogP contribution in [0.25, 0.3) is 0 Å². The van der Waals surface area contributed by atoms with E-state index in [9.17, 15) is 9.18 Å². The Kier molecular flexibility index (Phi) is 4.89. The van der Waals surface area contributed by atoms with Crippen LogP contribution in [0.4, 0.5) is 4.39 Å². The van der Waals surface area contributed by atoms with E-state index in [1.807, 2.05) is 0 Å². The van der Waals surface area contributed by atoms with Crippen LogP contribution in [0.15, 0.2) is 30.3 Å². The number of carbonyl (C=O) groups excluding carboxylic acids is 1. The molecule has 0 aliphatic rings. The molecule has 1 aromatic heterocycles. The first-order valence-corrected chi connectivity index (χ1v) is 6.39.